The molecule has 20 nitrogen and oxygen atoms in total. The van der Waals surface area contributed by atoms with Crippen molar-refractivity contribution >= 4 is 58.1 Å². The van der Waals surface area contributed by atoms with E-state index in [9.17, 15) is 34.1 Å². The summed E-state index contributed by atoms with van der Waals surface area (Å²) in [5.41, 5.74) is -0.324. The van der Waals surface area contributed by atoms with Gasteiger partial charge in [-0.15, -0.1) is 0 Å². The molecule has 20 heteroatoms. The lowest BCUT2D eigenvalue weighted by Gasteiger charge is -2.43. The molecule has 1 unspecified atom stereocenters. The number of nitriles is 1. The number of carbonyl (C=O) groups is 5. The van der Waals surface area contributed by atoms with Crippen molar-refractivity contribution < 1.29 is 52.6 Å². The van der Waals surface area contributed by atoms with Crippen LogP contribution in [0.1, 0.15) is 40.5 Å². The molecule has 0 N–H and O–H groups in total. The lowest BCUT2D eigenvalue weighted by atomic mass is 9.90. The Hall–Kier alpha value is -6.36. The van der Waals surface area contributed by atoms with E-state index in [0.717, 1.165) is 38.0 Å². The van der Waals surface area contributed by atoms with E-state index in [1.807, 2.05) is 18.0 Å². The van der Waals surface area contributed by atoms with E-state index in [4.69, 9.17) is 28.9 Å². The second kappa shape index (κ2) is 17.0. The molecule has 4 heterocycles. The molecule has 298 valence electrons. The van der Waals surface area contributed by atoms with E-state index in [0.29, 0.717) is 30.7 Å². The summed E-state index contributed by atoms with van der Waals surface area (Å²) in [5, 5.41) is 21.5. The quantitative estimate of drug-likeness (QED) is 0.124. The minimum Gasteiger partial charge on any atom is -0.467 e. The molecule has 56 heavy (non-hydrogen) atoms. The molecule has 3 aromatic rings. The number of benzene rings is 1. The Morgan fingerprint density at radius 1 is 1.07 bits per heavy atom. The van der Waals surface area contributed by atoms with Crippen LogP contribution in [0.5, 0.6) is 5.75 Å². The van der Waals surface area contributed by atoms with Crippen molar-refractivity contribution in [1.29, 1.82) is 5.26 Å². The van der Waals surface area contributed by atoms with Gasteiger partial charge < -0.3 is 33.5 Å². The molecular formula is C36H42N8O12. The number of aromatic nitrogens is 3. The number of nitrogens with zero attached hydrogens (tertiary/aromatic N) is 8. The standard InChI is InChI=1S/C36H42N8O12/c1-19-11-14-42(28(47)10-13-37)17-26(19)40(5)32-24-12-15-43(33(24)39-18-38-32)36(49)41(6)25-16-23(44(50)51)8-9-27(25)55-35-31(54-22(4)46)29(53-21(3)45)20(2)30(56-35)34(48)52-7/h8-9,12,15-16,18-20,26,29-31,35H,10-11,14,17H2,1-7H3/t19-,20+,26?,29+,30+,31-,35-/m1/s1. The van der Waals surface area contributed by atoms with E-state index < -0.39 is 65.1 Å². The number of likely N-dealkylation sites (tertiary alicyclic amines) is 1. The smallest absolute Gasteiger partial charge is 0.335 e. The lowest BCUT2D eigenvalue weighted by Crippen LogP contribution is -2.60. The average molecular weight is 779 g/mol. The summed E-state index contributed by atoms with van der Waals surface area (Å²) in [6.07, 6.45) is -2.44. The first-order valence-electron chi connectivity index (χ1n) is 17.6. The number of methoxy groups -OCH3 is 1. The van der Waals surface area contributed by atoms with Gasteiger partial charge in [0.05, 0.1) is 35.2 Å². The van der Waals surface area contributed by atoms with Crippen LogP contribution in [0, 0.1) is 33.3 Å². The highest BCUT2D eigenvalue weighted by molar-refractivity contribution is 6.02. The molecular weight excluding hydrogens is 736 g/mol. The van der Waals surface area contributed by atoms with Crippen molar-refractivity contribution in [2.75, 3.05) is 44.1 Å². The fraction of sp³-hybridized carbons (Fsp3) is 0.500. The number of nitro groups is 1. The number of carbonyl (C=O) groups excluding carboxylic acids is 5. The maximum atomic E-state index is 14.3. The molecule has 0 saturated carbocycles. The number of hydrogen-bond donors (Lipinski definition) is 0. The third-order valence-electron chi connectivity index (χ3n) is 9.95. The predicted octanol–water partition coefficient (Wildman–Crippen LogP) is 2.81. The Bertz CT molecular complexity index is 2070. The number of rotatable bonds is 10. The predicted molar refractivity (Wildman–Crippen MR) is 194 cm³/mol. The van der Waals surface area contributed by atoms with Crippen LogP contribution in [-0.4, -0.2) is 119 Å². The number of esters is 3. The van der Waals surface area contributed by atoms with Gasteiger partial charge in [0.1, 0.15) is 24.3 Å². The Morgan fingerprint density at radius 2 is 1.77 bits per heavy atom. The van der Waals surface area contributed by atoms with Gasteiger partial charge in [0.25, 0.3) is 5.69 Å². The van der Waals surface area contributed by atoms with Gasteiger partial charge >= 0.3 is 23.9 Å². The van der Waals surface area contributed by atoms with Crippen molar-refractivity contribution in [3.05, 3.63) is 46.9 Å². The number of anilines is 2. The first-order valence-corrected chi connectivity index (χ1v) is 17.6. The van der Waals surface area contributed by atoms with Crippen molar-refractivity contribution in [3.63, 3.8) is 0 Å². The topological polar surface area (TPSA) is 239 Å². The molecule has 0 bridgehead atoms. The van der Waals surface area contributed by atoms with E-state index in [-0.39, 0.29) is 41.4 Å². The van der Waals surface area contributed by atoms with Crippen molar-refractivity contribution in [2.24, 2.45) is 11.8 Å². The fourth-order valence-corrected chi connectivity index (χ4v) is 6.99. The van der Waals surface area contributed by atoms with Gasteiger partial charge in [0.2, 0.25) is 18.3 Å². The third-order valence-corrected chi connectivity index (χ3v) is 9.95. The molecule has 1 aromatic carbocycles. The number of fused-ring (bicyclic) bond motifs is 1. The second-order valence-electron chi connectivity index (χ2n) is 13.6. The number of nitro benzene ring substituents is 1. The minimum absolute atomic E-state index is 0.127. The van der Waals surface area contributed by atoms with Crippen molar-refractivity contribution in [1.82, 2.24) is 19.4 Å². The summed E-state index contributed by atoms with van der Waals surface area (Å²) in [7, 11) is 4.30. The van der Waals surface area contributed by atoms with Crippen LogP contribution in [-0.2, 0) is 38.1 Å². The van der Waals surface area contributed by atoms with Gasteiger partial charge in [-0.2, -0.15) is 5.26 Å². The second-order valence-corrected chi connectivity index (χ2v) is 13.6. The SMILES string of the molecule is COC(=O)[C@H]1O[C@@H](Oc2ccc([N+](=O)[O-])cc2N(C)C(=O)n2ccc3c(N(C)C4CN(C(=O)CC#N)CC[C@H]4C)ncnc32)[C@H](OC(C)=O)[C@@H](OC(C)=O)[C@@H]1C. The lowest BCUT2D eigenvalue weighted by molar-refractivity contribution is -0.384. The van der Waals surface area contributed by atoms with Crippen LogP contribution in [0.4, 0.5) is 22.0 Å². The highest BCUT2D eigenvalue weighted by atomic mass is 16.7. The van der Waals surface area contributed by atoms with Crippen LogP contribution >= 0.6 is 0 Å². The van der Waals surface area contributed by atoms with Crippen LogP contribution in [0.25, 0.3) is 11.0 Å². The zero-order valence-corrected chi connectivity index (χ0v) is 31.8. The molecule has 2 fully saturated rings. The van der Waals surface area contributed by atoms with Gasteiger partial charge in [-0.05, 0) is 24.5 Å². The number of hydrogen-bond acceptors (Lipinski definition) is 16. The summed E-state index contributed by atoms with van der Waals surface area (Å²) < 4.78 is 29.2. The van der Waals surface area contributed by atoms with Gasteiger partial charge in [0, 0.05) is 65.3 Å². The Morgan fingerprint density at radius 3 is 2.41 bits per heavy atom. The molecule has 2 aromatic heterocycles. The number of ether oxygens (including phenoxy) is 5. The zero-order valence-electron chi connectivity index (χ0n) is 31.8. The van der Waals surface area contributed by atoms with Crippen molar-refractivity contribution in [2.45, 2.75) is 71.2 Å². The van der Waals surface area contributed by atoms with Crippen molar-refractivity contribution in [3.8, 4) is 11.8 Å². The van der Waals surface area contributed by atoms with E-state index >= 15 is 0 Å². The molecule has 7 atom stereocenters. The number of likely N-dealkylation sites (N-methyl/N-ethyl adjacent to an activating group) is 1. The molecule has 2 aliphatic rings. The number of non-ortho nitro benzene ring substituents is 1. The van der Waals surface area contributed by atoms with Crippen LogP contribution in [0.3, 0.4) is 0 Å². The third kappa shape index (κ3) is 8.31. The highest BCUT2D eigenvalue weighted by Gasteiger charge is 2.52. The Labute approximate surface area is 320 Å². The van der Waals surface area contributed by atoms with E-state index in [1.54, 1.807) is 11.0 Å². The molecule has 5 rings (SSSR count). The number of piperidine rings is 1. The molecule has 2 aliphatic heterocycles. The highest BCUT2D eigenvalue weighted by Crippen LogP contribution is 2.38. The van der Waals surface area contributed by atoms with E-state index in [1.165, 1.54) is 37.1 Å². The zero-order chi connectivity index (χ0) is 41.0. The Kier molecular flexibility index (Phi) is 12.4. The van der Waals surface area contributed by atoms with Crippen LogP contribution in [0.2, 0.25) is 0 Å². The van der Waals surface area contributed by atoms with Gasteiger partial charge in [-0.25, -0.2) is 19.6 Å². The largest absolute Gasteiger partial charge is 0.467 e. The van der Waals surface area contributed by atoms with E-state index in [2.05, 4.69) is 16.9 Å². The maximum Gasteiger partial charge on any atom is 0.335 e. The number of amides is 2. The van der Waals surface area contributed by atoms with Gasteiger partial charge in [0.15, 0.2) is 17.9 Å². The Balaban J connectivity index is 1.50. The molecule has 0 spiro atoms. The van der Waals surface area contributed by atoms with Crippen LogP contribution < -0.4 is 14.5 Å². The summed E-state index contributed by atoms with van der Waals surface area (Å²) in [6, 6.07) is 6.07. The normalized spacial score (nSPS) is 23.3. The summed E-state index contributed by atoms with van der Waals surface area (Å²) in [4.78, 5) is 88.7. The first-order chi connectivity index (χ1) is 26.6. The summed E-state index contributed by atoms with van der Waals surface area (Å²) >= 11 is 0. The minimum atomic E-state index is -1.64. The monoisotopic (exact) mass is 778 g/mol. The van der Waals surface area contributed by atoms with Gasteiger partial charge in [-0.3, -0.25) is 34.0 Å². The fourth-order valence-electron chi connectivity index (χ4n) is 6.99. The molecule has 2 amide bonds. The molecule has 0 radical (unpaired) electrons. The van der Waals surface area contributed by atoms with Crippen LogP contribution in [0.15, 0.2) is 36.8 Å². The van der Waals surface area contributed by atoms with Gasteiger partial charge in [-0.1, -0.05) is 13.8 Å². The molecule has 2 saturated heterocycles. The first kappa shape index (κ1) is 40.8. The maximum absolute atomic E-state index is 14.3. The molecule has 0 aliphatic carbocycles. The average Bonchev–Trinajstić information content (AvgIpc) is 3.60. The summed E-state index contributed by atoms with van der Waals surface area (Å²) in [5.74, 6) is -3.04. The summed E-state index contributed by atoms with van der Waals surface area (Å²) in [6.45, 7) is 6.73.